The molecule has 0 radical (unpaired) electrons. The van der Waals surface area contributed by atoms with E-state index in [1.807, 2.05) is 61.5 Å². The monoisotopic (exact) mass is 475 g/mol. The Kier molecular flexibility index (Phi) is 6.58. The van der Waals surface area contributed by atoms with Gasteiger partial charge in [-0.1, -0.05) is 60.2 Å². The second-order valence-electron chi connectivity index (χ2n) is 8.62. The molecule has 0 aliphatic carbocycles. The highest BCUT2D eigenvalue weighted by Crippen LogP contribution is 2.36. The maximum absolute atomic E-state index is 13.4. The van der Waals surface area contributed by atoms with Crippen molar-refractivity contribution in [3.63, 3.8) is 0 Å². The second-order valence-corrected chi connectivity index (χ2v) is 8.62. The fraction of sp³-hybridized carbons (Fsp3) is 0.100. The van der Waals surface area contributed by atoms with Crippen LogP contribution in [0.2, 0.25) is 0 Å². The van der Waals surface area contributed by atoms with Crippen molar-refractivity contribution in [1.29, 1.82) is 0 Å². The third-order valence-corrected chi connectivity index (χ3v) is 5.90. The van der Waals surface area contributed by atoms with Crippen molar-refractivity contribution < 1.29 is 14.3 Å². The minimum Gasteiger partial charge on any atom is -0.449 e. The van der Waals surface area contributed by atoms with Crippen LogP contribution in [0.25, 0.3) is 6.08 Å². The number of carbonyl (C=O) groups excluding carboxylic acids is 2. The highest BCUT2D eigenvalue weighted by Gasteiger charge is 2.30. The van der Waals surface area contributed by atoms with Gasteiger partial charge >= 0.3 is 0 Å². The first-order valence-electron chi connectivity index (χ1n) is 11.7. The van der Waals surface area contributed by atoms with Gasteiger partial charge < -0.3 is 10.1 Å². The van der Waals surface area contributed by atoms with Gasteiger partial charge in [-0.2, -0.15) is 0 Å². The summed E-state index contributed by atoms with van der Waals surface area (Å²) in [7, 11) is 0. The Morgan fingerprint density at radius 2 is 1.78 bits per heavy atom. The molecule has 1 aromatic heterocycles. The van der Waals surface area contributed by atoms with E-state index in [-0.39, 0.29) is 17.6 Å². The number of nitrogens with one attached hydrogen (secondary N) is 1. The zero-order valence-electron chi connectivity index (χ0n) is 19.8. The van der Waals surface area contributed by atoms with Crippen molar-refractivity contribution in [3.05, 3.63) is 131 Å². The van der Waals surface area contributed by atoms with Crippen LogP contribution in [0.3, 0.4) is 0 Å². The molecule has 1 aliphatic rings. The lowest BCUT2D eigenvalue weighted by Gasteiger charge is -2.30. The van der Waals surface area contributed by atoms with Crippen LogP contribution in [0, 0.1) is 6.92 Å². The van der Waals surface area contributed by atoms with Crippen LogP contribution in [0.1, 0.15) is 32.6 Å². The number of aromatic nitrogens is 1. The van der Waals surface area contributed by atoms with E-state index in [4.69, 9.17) is 4.74 Å². The maximum Gasteiger partial charge on any atom is 0.294 e. The van der Waals surface area contributed by atoms with Crippen molar-refractivity contribution in [1.82, 2.24) is 10.3 Å². The average molecular weight is 476 g/mol. The Hall–Kier alpha value is -4.71. The number of benzene rings is 3. The van der Waals surface area contributed by atoms with Crippen LogP contribution >= 0.6 is 0 Å². The number of aryl methyl sites for hydroxylation is 1. The zero-order valence-corrected chi connectivity index (χ0v) is 19.8. The summed E-state index contributed by atoms with van der Waals surface area (Å²) < 4.78 is 5.99. The smallest absolute Gasteiger partial charge is 0.294 e. The SMILES string of the molecule is Cc1cccc(CN2C(=O)C(=Cc3ccc(C(=O)NCc4cccnc4)cc3)Oc3ccccc32)c1. The molecule has 2 heterocycles. The third-order valence-electron chi connectivity index (χ3n) is 5.90. The standard InChI is InChI=1S/C30H25N3O3/c1-21-6-4-7-23(16-21)20-33-26-9-2-3-10-27(26)36-28(30(33)35)17-22-11-13-25(14-12-22)29(34)32-19-24-8-5-15-31-18-24/h2-18H,19-20H2,1H3,(H,32,34). The predicted octanol–water partition coefficient (Wildman–Crippen LogP) is 5.29. The van der Waals surface area contributed by atoms with Gasteiger partial charge in [-0.05, 0) is 60.0 Å². The molecule has 1 aliphatic heterocycles. The van der Waals surface area contributed by atoms with E-state index in [2.05, 4.69) is 16.4 Å². The van der Waals surface area contributed by atoms with Crippen LogP contribution < -0.4 is 15.0 Å². The van der Waals surface area contributed by atoms with E-state index in [1.165, 1.54) is 0 Å². The van der Waals surface area contributed by atoms with Crippen molar-refractivity contribution in [3.8, 4) is 5.75 Å². The van der Waals surface area contributed by atoms with Gasteiger partial charge in [-0.3, -0.25) is 19.5 Å². The Bertz CT molecular complexity index is 1430. The van der Waals surface area contributed by atoms with Crippen LogP contribution in [0.5, 0.6) is 5.75 Å². The predicted molar refractivity (Wildman–Crippen MR) is 139 cm³/mol. The largest absolute Gasteiger partial charge is 0.449 e. The van der Waals surface area contributed by atoms with Gasteiger partial charge in [-0.15, -0.1) is 0 Å². The summed E-state index contributed by atoms with van der Waals surface area (Å²) in [6.45, 7) is 2.87. The number of anilines is 1. The van der Waals surface area contributed by atoms with Gasteiger partial charge in [0.05, 0.1) is 12.2 Å². The number of amides is 2. The summed E-state index contributed by atoms with van der Waals surface area (Å²) in [6.07, 6.45) is 5.12. The summed E-state index contributed by atoms with van der Waals surface area (Å²) in [5.74, 6) is 0.465. The molecule has 0 saturated carbocycles. The number of pyridine rings is 1. The molecule has 36 heavy (non-hydrogen) atoms. The van der Waals surface area contributed by atoms with Gasteiger partial charge in [0.15, 0.2) is 11.5 Å². The number of fused-ring (bicyclic) bond motifs is 1. The van der Waals surface area contributed by atoms with Gasteiger partial charge in [0.25, 0.3) is 11.8 Å². The van der Waals surface area contributed by atoms with E-state index in [0.717, 1.165) is 27.9 Å². The summed E-state index contributed by atoms with van der Waals surface area (Å²) in [5.41, 5.74) is 5.14. The van der Waals surface area contributed by atoms with E-state index in [1.54, 1.807) is 47.6 Å². The minimum absolute atomic E-state index is 0.179. The number of rotatable bonds is 6. The molecule has 0 fully saturated rings. The summed E-state index contributed by atoms with van der Waals surface area (Å²) in [6, 6.07) is 26.4. The van der Waals surface area contributed by atoms with Crippen molar-refractivity contribution in [2.75, 3.05) is 4.90 Å². The molecule has 1 N–H and O–H groups in total. The molecular weight excluding hydrogens is 450 g/mol. The van der Waals surface area contributed by atoms with Crippen molar-refractivity contribution >= 4 is 23.6 Å². The Morgan fingerprint density at radius 3 is 2.56 bits per heavy atom. The van der Waals surface area contributed by atoms with Crippen molar-refractivity contribution in [2.24, 2.45) is 0 Å². The molecule has 5 rings (SSSR count). The lowest BCUT2D eigenvalue weighted by atomic mass is 10.1. The number of ether oxygens (including phenoxy) is 1. The van der Waals surface area contributed by atoms with E-state index >= 15 is 0 Å². The molecule has 178 valence electrons. The molecule has 0 saturated heterocycles. The molecule has 3 aromatic carbocycles. The van der Waals surface area contributed by atoms with Crippen LogP contribution in [0.4, 0.5) is 5.69 Å². The molecule has 0 atom stereocenters. The molecule has 6 nitrogen and oxygen atoms in total. The summed E-state index contributed by atoms with van der Waals surface area (Å²) in [5, 5.41) is 2.89. The molecule has 6 heteroatoms. The molecule has 0 unspecified atom stereocenters. The van der Waals surface area contributed by atoms with Crippen molar-refractivity contribution in [2.45, 2.75) is 20.0 Å². The van der Waals surface area contributed by atoms with E-state index < -0.39 is 0 Å². The van der Waals surface area contributed by atoms with Crippen LogP contribution in [0.15, 0.2) is 103 Å². The van der Waals surface area contributed by atoms with Crippen LogP contribution in [-0.4, -0.2) is 16.8 Å². The van der Waals surface area contributed by atoms with Gasteiger partial charge in [-0.25, -0.2) is 0 Å². The lowest BCUT2D eigenvalue weighted by molar-refractivity contribution is -0.117. The summed E-state index contributed by atoms with van der Waals surface area (Å²) >= 11 is 0. The molecule has 2 amide bonds. The number of hydrogen-bond acceptors (Lipinski definition) is 4. The quantitative estimate of drug-likeness (QED) is 0.385. The highest BCUT2D eigenvalue weighted by atomic mass is 16.5. The van der Waals surface area contributed by atoms with E-state index in [9.17, 15) is 9.59 Å². The topological polar surface area (TPSA) is 71.5 Å². The number of nitrogens with zero attached hydrogens (tertiary/aromatic N) is 2. The second kappa shape index (κ2) is 10.3. The maximum atomic E-state index is 13.4. The number of carbonyl (C=O) groups is 2. The van der Waals surface area contributed by atoms with Gasteiger partial charge in [0.2, 0.25) is 0 Å². The van der Waals surface area contributed by atoms with Crippen LogP contribution in [-0.2, 0) is 17.9 Å². The first-order chi connectivity index (χ1) is 17.6. The zero-order chi connectivity index (χ0) is 24.9. The molecule has 0 spiro atoms. The normalized spacial score (nSPS) is 13.8. The van der Waals surface area contributed by atoms with Gasteiger partial charge in [0, 0.05) is 24.5 Å². The lowest BCUT2D eigenvalue weighted by Crippen LogP contribution is -2.36. The number of para-hydroxylation sites is 2. The first kappa shape index (κ1) is 23.1. The Labute approximate surface area is 209 Å². The molecule has 4 aromatic rings. The minimum atomic E-state index is -0.214. The Morgan fingerprint density at radius 1 is 0.972 bits per heavy atom. The molecular formula is C30H25N3O3. The fourth-order valence-corrected chi connectivity index (χ4v) is 4.08. The van der Waals surface area contributed by atoms with E-state index in [0.29, 0.717) is 24.4 Å². The molecule has 0 bridgehead atoms. The third kappa shape index (κ3) is 5.18. The Balaban J connectivity index is 1.34. The average Bonchev–Trinajstić information content (AvgIpc) is 2.91. The van der Waals surface area contributed by atoms with Gasteiger partial charge in [0.1, 0.15) is 0 Å². The fourth-order valence-electron chi connectivity index (χ4n) is 4.08. The summed E-state index contributed by atoms with van der Waals surface area (Å²) in [4.78, 5) is 31.7. The number of hydrogen-bond donors (Lipinski definition) is 1. The first-order valence-corrected chi connectivity index (χ1v) is 11.7. The highest BCUT2D eigenvalue weighted by molar-refractivity contribution is 6.09.